The number of halogens is 1. The summed E-state index contributed by atoms with van der Waals surface area (Å²) in [4.78, 5) is 16.7. The molecule has 35 heavy (non-hydrogen) atoms. The lowest BCUT2D eigenvalue weighted by molar-refractivity contribution is -0.122. The highest BCUT2D eigenvalue weighted by molar-refractivity contribution is 6.33. The molecule has 4 aromatic rings. The van der Waals surface area contributed by atoms with Crippen molar-refractivity contribution < 1.29 is 14.3 Å². The van der Waals surface area contributed by atoms with E-state index in [9.17, 15) is 4.79 Å². The van der Waals surface area contributed by atoms with E-state index in [0.29, 0.717) is 17.4 Å². The first kappa shape index (κ1) is 20.6. The molecule has 3 aliphatic rings. The van der Waals surface area contributed by atoms with Gasteiger partial charge in [0.25, 0.3) is 0 Å². The fourth-order valence-electron chi connectivity index (χ4n) is 5.88. The molecule has 0 radical (unpaired) electrons. The molecule has 7 rings (SSSR count). The lowest BCUT2D eigenvalue weighted by Gasteiger charge is -2.31. The Bertz CT molecular complexity index is 1430. The van der Waals surface area contributed by atoms with Gasteiger partial charge in [0.2, 0.25) is 5.91 Å². The van der Waals surface area contributed by atoms with Crippen molar-refractivity contribution in [3.05, 3.63) is 124 Å². The molecule has 1 spiro atoms. The molecule has 172 valence electrons. The van der Waals surface area contributed by atoms with Crippen molar-refractivity contribution in [3.8, 4) is 11.5 Å². The maximum absolute atomic E-state index is 14.7. The Morgan fingerprint density at radius 3 is 2.26 bits per heavy atom. The van der Waals surface area contributed by atoms with Crippen molar-refractivity contribution in [2.75, 3.05) is 18.1 Å². The van der Waals surface area contributed by atoms with Gasteiger partial charge in [-0.1, -0.05) is 78.3 Å². The van der Waals surface area contributed by atoms with Crippen LogP contribution in [0.15, 0.2) is 91.0 Å². The van der Waals surface area contributed by atoms with Crippen molar-refractivity contribution >= 4 is 23.2 Å². The standard InChI is InChI=1S/C30H22ClNO3/c31-23-12-7-13-24-27(23)30(18-35-26-17-25-21(14-15-34-25)16-22(26)30)29(33)32(24)28(19-8-3-1-4-9-19)20-10-5-2-6-11-20/h1-13,16-17,28H,14-15,18H2. The third-order valence-electron chi connectivity index (χ3n) is 7.45. The van der Waals surface area contributed by atoms with Crippen LogP contribution in [0.3, 0.4) is 0 Å². The first-order chi connectivity index (χ1) is 17.2. The van der Waals surface area contributed by atoms with Crippen LogP contribution in [0.2, 0.25) is 5.02 Å². The average molecular weight is 480 g/mol. The molecule has 0 fully saturated rings. The topological polar surface area (TPSA) is 38.8 Å². The van der Waals surface area contributed by atoms with Gasteiger partial charge in [0.05, 0.1) is 18.3 Å². The lowest BCUT2D eigenvalue weighted by atomic mass is 9.76. The van der Waals surface area contributed by atoms with Crippen molar-refractivity contribution in [1.29, 1.82) is 0 Å². The third kappa shape index (κ3) is 2.83. The number of carbonyl (C=O) groups is 1. The van der Waals surface area contributed by atoms with E-state index in [4.69, 9.17) is 21.1 Å². The molecule has 5 heteroatoms. The van der Waals surface area contributed by atoms with Crippen LogP contribution in [0.5, 0.6) is 11.5 Å². The first-order valence-electron chi connectivity index (χ1n) is 11.8. The van der Waals surface area contributed by atoms with Gasteiger partial charge in [0.1, 0.15) is 23.5 Å². The molecular formula is C30H22ClNO3. The number of anilines is 1. The number of ether oxygens (including phenoxy) is 2. The Labute approximate surface area is 208 Å². The summed E-state index contributed by atoms with van der Waals surface area (Å²) in [6.07, 6.45) is 0.822. The second kappa shape index (κ2) is 7.62. The summed E-state index contributed by atoms with van der Waals surface area (Å²) in [6.45, 7) is 0.861. The fourth-order valence-corrected chi connectivity index (χ4v) is 6.21. The van der Waals surface area contributed by atoms with E-state index in [1.807, 2.05) is 65.6 Å². The maximum Gasteiger partial charge on any atom is 0.246 e. The Hall–Kier alpha value is -3.76. The Morgan fingerprint density at radius 2 is 1.54 bits per heavy atom. The minimum atomic E-state index is -0.998. The van der Waals surface area contributed by atoms with Crippen LogP contribution >= 0.6 is 11.6 Å². The molecule has 1 unspecified atom stereocenters. The van der Waals surface area contributed by atoms with E-state index >= 15 is 0 Å². The summed E-state index contributed by atoms with van der Waals surface area (Å²) in [7, 11) is 0. The number of hydrogen-bond donors (Lipinski definition) is 0. The van der Waals surface area contributed by atoms with Crippen molar-refractivity contribution in [1.82, 2.24) is 0 Å². The lowest BCUT2D eigenvalue weighted by Crippen LogP contribution is -2.44. The predicted octanol–water partition coefficient (Wildman–Crippen LogP) is 6.09. The van der Waals surface area contributed by atoms with Crippen LogP contribution in [-0.2, 0) is 16.6 Å². The normalized spacial score (nSPS) is 19.5. The molecule has 0 N–H and O–H groups in total. The molecule has 0 aromatic heterocycles. The largest absolute Gasteiger partial charge is 0.493 e. The van der Waals surface area contributed by atoms with Gasteiger partial charge in [-0.05, 0) is 34.9 Å². The molecule has 0 bridgehead atoms. The van der Waals surface area contributed by atoms with Crippen LogP contribution in [0.1, 0.15) is 33.9 Å². The number of rotatable bonds is 3. The van der Waals surface area contributed by atoms with Gasteiger partial charge in [-0.15, -0.1) is 0 Å². The molecule has 1 amide bonds. The third-order valence-corrected chi connectivity index (χ3v) is 7.76. The highest BCUT2D eigenvalue weighted by Crippen LogP contribution is 2.57. The zero-order valence-corrected chi connectivity index (χ0v) is 19.7. The molecule has 1 atom stereocenters. The number of nitrogens with zero attached hydrogens (tertiary/aromatic N) is 1. The number of hydrogen-bond acceptors (Lipinski definition) is 3. The highest BCUT2D eigenvalue weighted by atomic mass is 35.5. The molecular weight excluding hydrogens is 458 g/mol. The van der Waals surface area contributed by atoms with Crippen LogP contribution in [-0.4, -0.2) is 19.1 Å². The molecule has 3 aliphatic heterocycles. The molecule has 0 saturated heterocycles. The van der Waals surface area contributed by atoms with Crippen molar-refractivity contribution in [2.24, 2.45) is 0 Å². The van der Waals surface area contributed by atoms with Gasteiger partial charge in [-0.3, -0.25) is 9.69 Å². The van der Waals surface area contributed by atoms with Gasteiger partial charge in [-0.25, -0.2) is 0 Å². The molecule has 4 nitrogen and oxygen atoms in total. The highest BCUT2D eigenvalue weighted by Gasteiger charge is 2.59. The quantitative estimate of drug-likeness (QED) is 0.357. The smallest absolute Gasteiger partial charge is 0.246 e. The number of carbonyl (C=O) groups excluding carboxylic acids is 1. The predicted molar refractivity (Wildman–Crippen MR) is 136 cm³/mol. The number of fused-ring (bicyclic) bond motifs is 5. The summed E-state index contributed by atoms with van der Waals surface area (Å²) in [6, 6.07) is 29.8. The average Bonchev–Trinajstić information content (AvgIpc) is 3.57. The monoisotopic (exact) mass is 479 g/mol. The van der Waals surface area contributed by atoms with Gasteiger partial charge < -0.3 is 9.47 Å². The SMILES string of the molecule is O=C1N(C(c2ccccc2)c2ccccc2)c2cccc(Cl)c2C12COc1cc3c(cc12)CCO3. The minimum absolute atomic E-state index is 0.0177. The molecule has 4 aromatic carbocycles. The molecule has 0 saturated carbocycles. The van der Waals surface area contributed by atoms with Crippen molar-refractivity contribution in [3.63, 3.8) is 0 Å². The van der Waals surface area contributed by atoms with Gasteiger partial charge >= 0.3 is 0 Å². The van der Waals surface area contributed by atoms with Gasteiger partial charge in [0.15, 0.2) is 0 Å². The van der Waals surface area contributed by atoms with E-state index < -0.39 is 5.41 Å². The van der Waals surface area contributed by atoms with Crippen LogP contribution in [0.4, 0.5) is 5.69 Å². The Morgan fingerprint density at radius 1 is 0.829 bits per heavy atom. The second-order valence-corrected chi connectivity index (χ2v) is 9.69. The summed E-state index contributed by atoms with van der Waals surface area (Å²) >= 11 is 6.89. The number of amides is 1. The van der Waals surface area contributed by atoms with E-state index in [0.717, 1.165) is 45.7 Å². The zero-order valence-electron chi connectivity index (χ0n) is 18.9. The molecule has 0 aliphatic carbocycles. The van der Waals surface area contributed by atoms with E-state index in [2.05, 4.69) is 30.3 Å². The zero-order chi connectivity index (χ0) is 23.6. The van der Waals surface area contributed by atoms with Crippen LogP contribution in [0.25, 0.3) is 0 Å². The Balaban J connectivity index is 1.48. The minimum Gasteiger partial charge on any atom is -0.493 e. The summed E-state index contributed by atoms with van der Waals surface area (Å²) in [5, 5.41) is 0.575. The van der Waals surface area contributed by atoms with E-state index in [-0.39, 0.29) is 18.6 Å². The first-order valence-corrected chi connectivity index (χ1v) is 12.2. The van der Waals surface area contributed by atoms with Gasteiger partial charge in [0, 0.05) is 28.6 Å². The van der Waals surface area contributed by atoms with Crippen LogP contribution in [0, 0.1) is 0 Å². The Kier molecular flexibility index (Phi) is 4.49. The van der Waals surface area contributed by atoms with E-state index in [1.165, 1.54) is 0 Å². The molecule has 3 heterocycles. The van der Waals surface area contributed by atoms with Crippen LogP contribution < -0.4 is 14.4 Å². The van der Waals surface area contributed by atoms with E-state index in [1.54, 1.807) is 0 Å². The van der Waals surface area contributed by atoms with Gasteiger partial charge in [-0.2, -0.15) is 0 Å². The van der Waals surface area contributed by atoms with Crippen molar-refractivity contribution in [2.45, 2.75) is 17.9 Å². The summed E-state index contributed by atoms with van der Waals surface area (Å²) in [5.41, 5.74) is 4.71. The summed E-state index contributed by atoms with van der Waals surface area (Å²) in [5.74, 6) is 1.52. The maximum atomic E-state index is 14.7. The second-order valence-electron chi connectivity index (χ2n) is 9.28. The number of benzene rings is 4. The summed E-state index contributed by atoms with van der Waals surface area (Å²) < 4.78 is 12.0. The fraction of sp³-hybridized carbons (Fsp3) is 0.167.